The van der Waals surface area contributed by atoms with E-state index in [1.807, 2.05) is 0 Å². The van der Waals surface area contributed by atoms with Gasteiger partial charge in [-0.1, -0.05) is 151 Å². The fraction of sp³-hybridized carbons (Fsp3) is 0.872. The van der Waals surface area contributed by atoms with Crippen molar-refractivity contribution in [1.29, 1.82) is 0 Å². The highest BCUT2D eigenvalue weighted by Crippen LogP contribution is 2.34. The highest BCUT2D eigenvalue weighted by molar-refractivity contribution is 5.97. The molecule has 3 N–H and O–H groups in total. The molecule has 4 amide bonds. The van der Waals surface area contributed by atoms with Gasteiger partial charge in [0.15, 0.2) is 0 Å². The Morgan fingerprint density at radius 2 is 0.907 bits per heavy atom. The smallest absolute Gasteiger partial charge is 0.229 e. The summed E-state index contributed by atoms with van der Waals surface area (Å²) in [6.45, 7) is 17.0. The van der Waals surface area contributed by atoms with Crippen LogP contribution < -0.4 is 16.0 Å². The molecule has 1 aliphatic carbocycles. The van der Waals surface area contributed by atoms with Crippen molar-refractivity contribution in [3.8, 4) is 0 Å². The number of rotatable bonds is 32. The Morgan fingerprint density at radius 3 is 1.35 bits per heavy atom. The monoisotopic (exact) mass is 758 g/mol. The van der Waals surface area contributed by atoms with Gasteiger partial charge in [0.05, 0.1) is 0 Å². The Kier molecular flexibility index (Phi) is 29.5. The molecule has 7 heteroatoms. The minimum atomic E-state index is -0.534. The number of unbranched alkanes of at least 4 members (excludes halogenated alkanes) is 11. The number of carbonyl (C=O) groups excluding carboxylic acids is 4. The van der Waals surface area contributed by atoms with Crippen molar-refractivity contribution < 1.29 is 19.2 Å². The van der Waals surface area contributed by atoms with Crippen molar-refractivity contribution in [3.63, 3.8) is 0 Å². The van der Waals surface area contributed by atoms with Gasteiger partial charge in [0.1, 0.15) is 0 Å². The lowest BCUT2D eigenvalue weighted by Crippen LogP contribution is -2.46. The lowest BCUT2D eigenvalue weighted by Gasteiger charge is -2.33. The normalized spacial score (nSPS) is 18.6. The minimum absolute atomic E-state index is 0.0712. The molecule has 1 rings (SSSR count). The van der Waals surface area contributed by atoms with E-state index in [9.17, 15) is 19.2 Å². The Balaban J connectivity index is 2.54. The molecule has 0 bridgehead atoms. The third-order valence-electron chi connectivity index (χ3n) is 11.6. The molecule has 4 atom stereocenters. The van der Waals surface area contributed by atoms with E-state index in [0.29, 0.717) is 62.4 Å². The van der Waals surface area contributed by atoms with Gasteiger partial charge >= 0.3 is 0 Å². The second-order valence-corrected chi connectivity index (χ2v) is 18.1. The van der Waals surface area contributed by atoms with Gasteiger partial charge in [-0.3, -0.25) is 24.5 Å². The Hall–Kier alpha value is -2.18. The molecule has 0 aromatic rings. The van der Waals surface area contributed by atoms with Crippen molar-refractivity contribution in [2.24, 2.45) is 41.4 Å². The number of imide groups is 1. The summed E-state index contributed by atoms with van der Waals surface area (Å²) >= 11 is 0. The zero-order chi connectivity index (χ0) is 40.0. The molecular weight excluding hydrogens is 671 g/mol. The Bertz CT molecular complexity index is 978. The molecule has 0 aromatic carbocycles. The third kappa shape index (κ3) is 26.6. The molecule has 0 aliphatic heterocycles. The summed E-state index contributed by atoms with van der Waals surface area (Å²) in [5.74, 6) is 0.389. The summed E-state index contributed by atoms with van der Waals surface area (Å²) in [4.78, 5) is 53.0. The van der Waals surface area contributed by atoms with Crippen molar-refractivity contribution in [1.82, 2.24) is 16.0 Å². The number of hydrogen-bond donors (Lipinski definition) is 3. The number of nitrogens with one attached hydrogen (secondary N) is 3. The van der Waals surface area contributed by atoms with E-state index in [1.165, 1.54) is 77.0 Å². The second-order valence-electron chi connectivity index (χ2n) is 18.1. The van der Waals surface area contributed by atoms with Gasteiger partial charge in [0.2, 0.25) is 23.6 Å². The van der Waals surface area contributed by atoms with Crippen LogP contribution in [0.15, 0.2) is 12.2 Å². The molecule has 0 heterocycles. The van der Waals surface area contributed by atoms with Crippen molar-refractivity contribution in [2.45, 2.75) is 209 Å². The maximum atomic E-state index is 13.4. The molecule has 4 unspecified atom stereocenters. The first-order valence-electron chi connectivity index (χ1n) is 23.0. The summed E-state index contributed by atoms with van der Waals surface area (Å²) in [5.41, 5.74) is 0. The van der Waals surface area contributed by atoms with Crippen molar-refractivity contribution in [2.75, 3.05) is 13.1 Å². The third-order valence-corrected chi connectivity index (χ3v) is 11.6. The highest BCUT2D eigenvalue weighted by Gasteiger charge is 2.39. The maximum absolute atomic E-state index is 13.4. The van der Waals surface area contributed by atoms with E-state index < -0.39 is 17.8 Å². The van der Waals surface area contributed by atoms with Gasteiger partial charge in [0, 0.05) is 37.3 Å². The van der Waals surface area contributed by atoms with E-state index in [4.69, 9.17) is 0 Å². The summed E-state index contributed by atoms with van der Waals surface area (Å²) in [7, 11) is 0. The van der Waals surface area contributed by atoms with Crippen LogP contribution in [0, 0.1) is 41.4 Å². The summed E-state index contributed by atoms with van der Waals surface area (Å²) < 4.78 is 0. The Morgan fingerprint density at radius 1 is 0.500 bits per heavy atom. The van der Waals surface area contributed by atoms with E-state index in [2.05, 4.69) is 76.6 Å². The van der Waals surface area contributed by atoms with Crippen molar-refractivity contribution in [3.05, 3.63) is 12.2 Å². The molecular formula is C47H87N3O4. The van der Waals surface area contributed by atoms with Gasteiger partial charge in [-0.25, -0.2) is 0 Å². The molecule has 1 saturated carbocycles. The van der Waals surface area contributed by atoms with Crippen LogP contribution in [0.2, 0.25) is 0 Å². The summed E-state index contributed by atoms with van der Waals surface area (Å²) in [6, 6.07) is 0. The molecule has 0 aromatic heterocycles. The fourth-order valence-corrected chi connectivity index (χ4v) is 7.83. The topological polar surface area (TPSA) is 104 Å². The number of allylic oxidation sites excluding steroid dienone is 2. The van der Waals surface area contributed by atoms with E-state index in [0.717, 1.165) is 57.8 Å². The summed E-state index contributed by atoms with van der Waals surface area (Å²) in [6.07, 6.45) is 30.7. The molecule has 7 nitrogen and oxygen atoms in total. The quantitative estimate of drug-likeness (QED) is 0.0469. The lowest BCUT2D eigenvalue weighted by atomic mass is 9.74. The second kappa shape index (κ2) is 32.0. The van der Waals surface area contributed by atoms with Crippen LogP contribution in [-0.4, -0.2) is 36.7 Å². The molecule has 314 valence electrons. The molecule has 1 aliphatic rings. The summed E-state index contributed by atoms with van der Waals surface area (Å²) in [5, 5.41) is 8.89. The first-order chi connectivity index (χ1) is 25.9. The van der Waals surface area contributed by atoms with Crippen LogP contribution in [-0.2, 0) is 19.2 Å². The minimum Gasteiger partial charge on any atom is -0.356 e. The van der Waals surface area contributed by atoms with Crippen LogP contribution in [0.25, 0.3) is 0 Å². The predicted octanol–water partition coefficient (Wildman–Crippen LogP) is 11.6. The zero-order valence-electron chi connectivity index (χ0n) is 36.4. The van der Waals surface area contributed by atoms with Crippen LogP contribution in [0.5, 0.6) is 0 Å². The number of carbonyl (C=O) groups is 4. The van der Waals surface area contributed by atoms with Gasteiger partial charge in [-0.15, -0.1) is 0 Å². The molecule has 0 radical (unpaired) electrons. The van der Waals surface area contributed by atoms with E-state index >= 15 is 0 Å². The van der Waals surface area contributed by atoms with Crippen LogP contribution in [0.4, 0.5) is 0 Å². The average Bonchev–Trinajstić information content (AvgIpc) is 3.12. The largest absolute Gasteiger partial charge is 0.356 e. The van der Waals surface area contributed by atoms with Crippen molar-refractivity contribution >= 4 is 23.6 Å². The van der Waals surface area contributed by atoms with Crippen LogP contribution in [0.1, 0.15) is 209 Å². The van der Waals surface area contributed by atoms with Gasteiger partial charge in [0.25, 0.3) is 0 Å². The maximum Gasteiger partial charge on any atom is 0.229 e. The standard InChI is InChI=1S/C47H87N3O4/c1-8-9-10-11-12-13-14-15-16-17-18-19-20-21-22-29-44(51)50-47(54)43-35-41(45(52)48-32-30-39(6)27-23-25-37(2)3)34-42(36-43)46(53)49-33-31-40(7)28-24-26-38(4)5/h15-16,37-43H,8-14,17-36H2,1-7H3,(H,48,52)(H,49,53)(H,50,51,54). The van der Waals surface area contributed by atoms with Gasteiger partial charge < -0.3 is 10.6 Å². The molecule has 0 saturated heterocycles. The lowest BCUT2D eigenvalue weighted by molar-refractivity contribution is -0.137. The predicted molar refractivity (Wildman–Crippen MR) is 228 cm³/mol. The average molecular weight is 758 g/mol. The van der Waals surface area contributed by atoms with Crippen LogP contribution >= 0.6 is 0 Å². The fourth-order valence-electron chi connectivity index (χ4n) is 7.83. The first kappa shape index (κ1) is 49.8. The van der Waals surface area contributed by atoms with E-state index in [1.54, 1.807) is 0 Å². The SMILES string of the molecule is CCCCCCCCC=CCCCCCCCC(=O)NC(=O)C1CC(C(=O)NCCC(C)CCCC(C)C)CC(C(=O)NCCC(C)CCCC(C)C)C1. The Labute approximate surface area is 333 Å². The molecule has 0 spiro atoms. The number of amides is 4. The van der Waals surface area contributed by atoms with Crippen LogP contribution in [0.3, 0.4) is 0 Å². The van der Waals surface area contributed by atoms with E-state index in [-0.39, 0.29) is 23.6 Å². The number of hydrogen-bond acceptors (Lipinski definition) is 4. The zero-order valence-corrected chi connectivity index (χ0v) is 36.4. The van der Waals surface area contributed by atoms with Gasteiger partial charge in [-0.2, -0.15) is 0 Å². The highest BCUT2D eigenvalue weighted by atomic mass is 16.2. The molecule has 54 heavy (non-hydrogen) atoms. The first-order valence-corrected chi connectivity index (χ1v) is 23.0. The van der Waals surface area contributed by atoms with Gasteiger partial charge in [-0.05, 0) is 87.9 Å². The molecule has 1 fully saturated rings.